The first kappa shape index (κ1) is 12.1. The first-order valence-electron chi connectivity index (χ1n) is 5.17. The quantitative estimate of drug-likeness (QED) is 0.895. The van der Waals surface area contributed by atoms with Gasteiger partial charge in [-0.2, -0.15) is 0 Å². The number of hydrogen-bond acceptors (Lipinski definition) is 3. The van der Waals surface area contributed by atoms with Crippen LogP contribution in [-0.2, 0) is 6.42 Å². The first-order chi connectivity index (χ1) is 8.18. The molecule has 0 fully saturated rings. The van der Waals surface area contributed by atoms with Crippen LogP contribution in [0.25, 0.3) is 0 Å². The van der Waals surface area contributed by atoms with Gasteiger partial charge >= 0.3 is 0 Å². The van der Waals surface area contributed by atoms with E-state index in [1.807, 2.05) is 12.3 Å². The van der Waals surface area contributed by atoms with Gasteiger partial charge in [-0.1, -0.05) is 11.6 Å². The third kappa shape index (κ3) is 2.87. The average molecular weight is 270 g/mol. The number of amides is 1. The molecule has 2 rings (SSSR count). The van der Waals surface area contributed by atoms with Crippen LogP contribution in [0.2, 0.25) is 5.02 Å². The van der Waals surface area contributed by atoms with E-state index in [4.69, 9.17) is 11.6 Å². The number of carbonyl (C=O) groups excluding carboxylic acids is 1. The Kier molecular flexibility index (Phi) is 3.81. The number of nitrogens with one attached hydrogen (secondary N) is 2. The molecule has 90 valence electrons. The van der Waals surface area contributed by atoms with Crippen molar-refractivity contribution in [3.05, 3.63) is 39.1 Å². The summed E-state index contributed by atoms with van der Waals surface area (Å²) in [6.45, 7) is 2.45. The number of hydrogen-bond donors (Lipinski definition) is 2. The maximum absolute atomic E-state index is 11.8. The molecule has 0 aliphatic rings. The Hall–Kier alpha value is -1.33. The minimum Gasteiger partial charge on any atom is -0.351 e. The van der Waals surface area contributed by atoms with Crippen LogP contribution >= 0.6 is 22.9 Å². The van der Waals surface area contributed by atoms with Gasteiger partial charge in [-0.05, 0) is 17.9 Å². The largest absolute Gasteiger partial charge is 0.351 e. The van der Waals surface area contributed by atoms with Gasteiger partial charge in [-0.15, -0.1) is 11.3 Å². The van der Waals surface area contributed by atoms with Crippen molar-refractivity contribution in [3.8, 4) is 0 Å². The highest BCUT2D eigenvalue weighted by Crippen LogP contribution is 2.26. The molecule has 0 saturated heterocycles. The average Bonchev–Trinajstić information content (AvgIpc) is 2.91. The molecule has 2 aromatic heterocycles. The molecule has 0 unspecified atom stereocenters. The SMILES string of the molecule is Cc1csc(C(=O)NCCc2cnc[nH]2)c1Cl. The molecule has 0 radical (unpaired) electrons. The van der Waals surface area contributed by atoms with Crippen LogP contribution in [0.1, 0.15) is 20.9 Å². The fraction of sp³-hybridized carbons (Fsp3) is 0.273. The minimum atomic E-state index is -0.118. The molecule has 2 N–H and O–H groups in total. The zero-order valence-electron chi connectivity index (χ0n) is 9.29. The van der Waals surface area contributed by atoms with Gasteiger partial charge in [-0.3, -0.25) is 4.79 Å². The summed E-state index contributed by atoms with van der Waals surface area (Å²) in [6, 6.07) is 0. The minimum absolute atomic E-state index is 0.118. The number of carbonyl (C=O) groups is 1. The van der Waals surface area contributed by atoms with Crippen LogP contribution in [0.4, 0.5) is 0 Å². The maximum atomic E-state index is 11.8. The lowest BCUT2D eigenvalue weighted by atomic mass is 10.3. The molecule has 6 heteroatoms. The molecular weight excluding hydrogens is 258 g/mol. The van der Waals surface area contributed by atoms with Gasteiger partial charge in [0, 0.05) is 24.9 Å². The number of thiophene rings is 1. The topological polar surface area (TPSA) is 57.8 Å². The highest BCUT2D eigenvalue weighted by Gasteiger charge is 2.13. The lowest BCUT2D eigenvalue weighted by Gasteiger charge is -2.02. The van der Waals surface area contributed by atoms with Crippen molar-refractivity contribution >= 4 is 28.8 Å². The van der Waals surface area contributed by atoms with Gasteiger partial charge < -0.3 is 10.3 Å². The molecule has 0 bridgehead atoms. The van der Waals surface area contributed by atoms with E-state index in [2.05, 4.69) is 15.3 Å². The Morgan fingerprint density at radius 2 is 2.47 bits per heavy atom. The molecule has 1 amide bonds. The van der Waals surface area contributed by atoms with Crippen LogP contribution < -0.4 is 5.32 Å². The Balaban J connectivity index is 1.87. The van der Waals surface area contributed by atoms with E-state index in [1.165, 1.54) is 11.3 Å². The molecule has 2 heterocycles. The number of nitrogens with zero attached hydrogens (tertiary/aromatic N) is 1. The number of aryl methyl sites for hydroxylation is 1. The molecule has 17 heavy (non-hydrogen) atoms. The van der Waals surface area contributed by atoms with E-state index >= 15 is 0 Å². The normalized spacial score (nSPS) is 10.5. The number of imidazole rings is 1. The van der Waals surface area contributed by atoms with Crippen LogP contribution in [0.3, 0.4) is 0 Å². The summed E-state index contributed by atoms with van der Waals surface area (Å²) in [5, 5.41) is 5.26. The van der Waals surface area contributed by atoms with Crippen molar-refractivity contribution in [1.82, 2.24) is 15.3 Å². The second kappa shape index (κ2) is 5.33. The second-order valence-corrected chi connectivity index (χ2v) is 4.90. The van der Waals surface area contributed by atoms with E-state index in [-0.39, 0.29) is 5.91 Å². The predicted molar refractivity (Wildman–Crippen MR) is 68.7 cm³/mol. The van der Waals surface area contributed by atoms with E-state index < -0.39 is 0 Å². The lowest BCUT2D eigenvalue weighted by molar-refractivity contribution is 0.0958. The van der Waals surface area contributed by atoms with Crippen molar-refractivity contribution in [1.29, 1.82) is 0 Å². The molecule has 0 aliphatic heterocycles. The summed E-state index contributed by atoms with van der Waals surface area (Å²) < 4.78 is 0. The Morgan fingerprint density at radius 1 is 1.65 bits per heavy atom. The third-order valence-corrected chi connectivity index (χ3v) is 4.04. The standard InChI is InChI=1S/C11H12ClN3OS/c1-7-5-17-10(9(7)12)11(16)14-3-2-8-4-13-6-15-8/h4-6H,2-3H2,1H3,(H,13,15)(H,14,16). The summed E-state index contributed by atoms with van der Waals surface area (Å²) in [4.78, 5) is 19.3. The highest BCUT2D eigenvalue weighted by atomic mass is 35.5. The van der Waals surface area contributed by atoms with Crippen LogP contribution in [0, 0.1) is 6.92 Å². The summed E-state index contributed by atoms with van der Waals surface area (Å²) in [7, 11) is 0. The molecule has 0 spiro atoms. The second-order valence-electron chi connectivity index (χ2n) is 3.64. The van der Waals surface area contributed by atoms with Crippen molar-refractivity contribution in [2.24, 2.45) is 0 Å². The lowest BCUT2D eigenvalue weighted by Crippen LogP contribution is -2.25. The van der Waals surface area contributed by atoms with Gasteiger partial charge in [0.05, 0.1) is 11.3 Å². The number of halogens is 1. The van der Waals surface area contributed by atoms with Gasteiger partial charge in [-0.25, -0.2) is 4.98 Å². The zero-order chi connectivity index (χ0) is 12.3. The molecule has 4 nitrogen and oxygen atoms in total. The summed E-state index contributed by atoms with van der Waals surface area (Å²) in [5.41, 5.74) is 1.94. The maximum Gasteiger partial charge on any atom is 0.262 e. The Morgan fingerprint density at radius 3 is 3.06 bits per heavy atom. The van der Waals surface area contributed by atoms with Crippen molar-refractivity contribution in [3.63, 3.8) is 0 Å². The number of aromatic amines is 1. The fourth-order valence-corrected chi connectivity index (χ4v) is 2.59. The smallest absolute Gasteiger partial charge is 0.262 e. The fourth-order valence-electron chi connectivity index (χ4n) is 1.40. The molecular formula is C11H12ClN3OS. The van der Waals surface area contributed by atoms with Crippen molar-refractivity contribution in [2.45, 2.75) is 13.3 Å². The van der Waals surface area contributed by atoms with Crippen LogP contribution in [0.5, 0.6) is 0 Å². The first-order valence-corrected chi connectivity index (χ1v) is 6.43. The van der Waals surface area contributed by atoms with Crippen LogP contribution in [0.15, 0.2) is 17.9 Å². The predicted octanol–water partition coefficient (Wildman–Crippen LogP) is 2.41. The molecule has 0 saturated carbocycles. The molecule has 0 aromatic carbocycles. The number of aromatic nitrogens is 2. The van der Waals surface area contributed by atoms with Crippen LogP contribution in [-0.4, -0.2) is 22.4 Å². The highest BCUT2D eigenvalue weighted by molar-refractivity contribution is 7.13. The Bertz CT molecular complexity index is 507. The van der Waals surface area contributed by atoms with Gasteiger partial charge in [0.25, 0.3) is 5.91 Å². The number of rotatable bonds is 4. The zero-order valence-corrected chi connectivity index (χ0v) is 10.9. The van der Waals surface area contributed by atoms with Gasteiger partial charge in [0.15, 0.2) is 0 Å². The molecule has 2 aromatic rings. The van der Waals surface area contributed by atoms with Crippen molar-refractivity contribution < 1.29 is 4.79 Å². The van der Waals surface area contributed by atoms with Gasteiger partial charge in [0.2, 0.25) is 0 Å². The third-order valence-electron chi connectivity index (χ3n) is 2.34. The van der Waals surface area contributed by atoms with Gasteiger partial charge in [0.1, 0.15) is 4.88 Å². The summed E-state index contributed by atoms with van der Waals surface area (Å²) >= 11 is 7.38. The van der Waals surface area contributed by atoms with E-state index in [0.29, 0.717) is 16.4 Å². The monoisotopic (exact) mass is 269 g/mol. The Labute approximate surface area is 108 Å². The van der Waals surface area contributed by atoms with E-state index in [1.54, 1.807) is 12.5 Å². The van der Waals surface area contributed by atoms with E-state index in [9.17, 15) is 4.79 Å². The summed E-state index contributed by atoms with van der Waals surface area (Å²) in [5.74, 6) is -0.118. The van der Waals surface area contributed by atoms with Crippen molar-refractivity contribution in [2.75, 3.05) is 6.54 Å². The molecule has 0 aliphatic carbocycles. The molecule has 0 atom stereocenters. The van der Waals surface area contributed by atoms with E-state index in [0.717, 1.165) is 17.7 Å². The number of H-pyrrole nitrogens is 1. The summed E-state index contributed by atoms with van der Waals surface area (Å²) in [6.07, 6.45) is 4.10.